The number of ether oxygens (including phenoxy) is 1. The summed E-state index contributed by atoms with van der Waals surface area (Å²) in [6.45, 7) is 3.67. The van der Waals surface area contributed by atoms with Gasteiger partial charge in [0.15, 0.2) is 5.78 Å². The lowest BCUT2D eigenvalue weighted by Crippen LogP contribution is -2.57. The van der Waals surface area contributed by atoms with Crippen molar-refractivity contribution >= 4 is 17.4 Å². The summed E-state index contributed by atoms with van der Waals surface area (Å²) in [7, 11) is 0. The number of hydrogen-bond acceptors (Lipinski definition) is 7. The van der Waals surface area contributed by atoms with Gasteiger partial charge in [0.2, 0.25) is 5.60 Å². The quantitative estimate of drug-likeness (QED) is 0.643. The smallest absolute Gasteiger partial charge is 0.342 e. The van der Waals surface area contributed by atoms with Crippen molar-refractivity contribution in [1.29, 1.82) is 5.26 Å². The summed E-state index contributed by atoms with van der Waals surface area (Å²) in [5, 5.41) is 22.7. The van der Waals surface area contributed by atoms with Gasteiger partial charge in [-0.15, -0.1) is 0 Å². The Bertz CT molecular complexity index is 1300. The SMILES string of the molecule is C[C@H]1CC[C@@H]2[C@@H](OC(=O)C23C[C@H](c2ccc(C#N)cc2)N(c2ccccc2)O3)[C@]2(C)C(=O)C=C[C@@]12O. The number of benzene rings is 2. The summed E-state index contributed by atoms with van der Waals surface area (Å²) in [6.07, 6.45) is 3.76. The molecule has 2 saturated heterocycles. The second-order valence-electron chi connectivity index (χ2n) is 10.7. The Hall–Kier alpha value is -3.47. The Balaban J connectivity index is 1.45. The molecule has 1 unspecified atom stereocenters. The van der Waals surface area contributed by atoms with E-state index in [-0.39, 0.29) is 17.7 Å². The number of nitriles is 1. The predicted octanol–water partition coefficient (Wildman–Crippen LogP) is 4.03. The molecule has 2 aliphatic heterocycles. The van der Waals surface area contributed by atoms with Gasteiger partial charge in [-0.3, -0.25) is 9.63 Å². The molecule has 1 spiro atoms. The number of anilines is 1. The Kier molecular flexibility index (Phi) is 4.95. The Labute approximate surface area is 209 Å². The highest BCUT2D eigenvalue weighted by Crippen LogP contribution is 2.61. The van der Waals surface area contributed by atoms with E-state index in [9.17, 15) is 20.0 Å². The number of carbonyl (C=O) groups is 2. The van der Waals surface area contributed by atoms with E-state index in [0.717, 1.165) is 11.3 Å². The average molecular weight is 485 g/mol. The fourth-order valence-electron chi connectivity index (χ4n) is 6.86. The molecule has 0 aromatic heterocycles. The van der Waals surface area contributed by atoms with E-state index in [1.165, 1.54) is 6.08 Å². The summed E-state index contributed by atoms with van der Waals surface area (Å²) in [5.41, 5.74) is -1.70. The van der Waals surface area contributed by atoms with Crippen LogP contribution in [0.3, 0.4) is 0 Å². The number of fused-ring (bicyclic) bond motifs is 4. The third-order valence-electron chi connectivity index (χ3n) is 9.08. The maximum absolute atomic E-state index is 13.7. The molecule has 184 valence electrons. The van der Waals surface area contributed by atoms with Crippen LogP contribution in [-0.4, -0.2) is 34.2 Å². The molecule has 7 nitrogen and oxygen atoms in total. The first kappa shape index (κ1) is 23.0. The summed E-state index contributed by atoms with van der Waals surface area (Å²) in [4.78, 5) is 33.6. The van der Waals surface area contributed by atoms with Gasteiger partial charge in [0.1, 0.15) is 11.7 Å². The third-order valence-corrected chi connectivity index (χ3v) is 9.08. The molecule has 2 heterocycles. The van der Waals surface area contributed by atoms with Crippen LogP contribution in [0, 0.1) is 28.6 Å². The lowest BCUT2D eigenvalue weighted by atomic mass is 9.63. The van der Waals surface area contributed by atoms with Crippen molar-refractivity contribution in [3.8, 4) is 6.07 Å². The normalized spacial score (nSPS) is 39.0. The van der Waals surface area contributed by atoms with E-state index >= 15 is 0 Å². The largest absolute Gasteiger partial charge is 0.459 e. The number of carbonyl (C=O) groups excluding carboxylic acids is 2. The van der Waals surface area contributed by atoms with Crippen LogP contribution >= 0.6 is 0 Å². The third kappa shape index (κ3) is 2.86. The number of nitrogens with zero attached hydrogens (tertiary/aromatic N) is 2. The molecule has 3 fully saturated rings. The van der Waals surface area contributed by atoms with Crippen LogP contribution < -0.4 is 5.06 Å². The van der Waals surface area contributed by atoms with Crippen molar-refractivity contribution in [3.05, 3.63) is 77.9 Å². The number of para-hydroxylation sites is 1. The highest BCUT2D eigenvalue weighted by atomic mass is 16.7. The predicted molar refractivity (Wildman–Crippen MR) is 130 cm³/mol. The first-order valence-electron chi connectivity index (χ1n) is 12.5. The molecule has 1 saturated carbocycles. The van der Waals surface area contributed by atoms with Gasteiger partial charge in [-0.1, -0.05) is 37.3 Å². The summed E-state index contributed by atoms with van der Waals surface area (Å²) in [6, 6.07) is 18.7. The topological polar surface area (TPSA) is 99.9 Å². The Morgan fingerprint density at radius 3 is 2.50 bits per heavy atom. The van der Waals surface area contributed by atoms with Crippen LogP contribution in [0.5, 0.6) is 0 Å². The van der Waals surface area contributed by atoms with Crippen molar-refractivity contribution in [2.75, 3.05) is 5.06 Å². The zero-order valence-electron chi connectivity index (χ0n) is 20.3. The van der Waals surface area contributed by atoms with E-state index in [0.29, 0.717) is 24.8 Å². The van der Waals surface area contributed by atoms with Crippen LogP contribution in [0.15, 0.2) is 66.7 Å². The molecule has 7 atom stereocenters. The van der Waals surface area contributed by atoms with E-state index in [1.54, 1.807) is 30.2 Å². The minimum absolute atomic E-state index is 0.187. The van der Waals surface area contributed by atoms with Crippen molar-refractivity contribution < 1.29 is 24.3 Å². The maximum Gasteiger partial charge on any atom is 0.342 e. The van der Waals surface area contributed by atoms with E-state index in [1.807, 2.05) is 49.4 Å². The molecule has 1 N–H and O–H groups in total. The van der Waals surface area contributed by atoms with Gasteiger partial charge < -0.3 is 9.84 Å². The van der Waals surface area contributed by atoms with E-state index in [2.05, 4.69) is 6.07 Å². The van der Waals surface area contributed by atoms with Gasteiger partial charge in [-0.2, -0.15) is 5.26 Å². The minimum Gasteiger partial charge on any atom is -0.459 e. The van der Waals surface area contributed by atoms with Crippen LogP contribution in [0.4, 0.5) is 5.69 Å². The molecule has 0 bridgehead atoms. The second-order valence-corrected chi connectivity index (χ2v) is 10.7. The molecular formula is C29H28N2O5. The van der Waals surface area contributed by atoms with E-state index < -0.39 is 34.6 Å². The van der Waals surface area contributed by atoms with Crippen LogP contribution in [-0.2, 0) is 19.2 Å². The molecule has 0 radical (unpaired) electrons. The van der Waals surface area contributed by atoms with Crippen LogP contribution in [0.2, 0.25) is 0 Å². The van der Waals surface area contributed by atoms with Gasteiger partial charge in [0, 0.05) is 12.3 Å². The standard InChI is InChI=1S/C29H28N2O5/c1-18-8-13-22-25(27(2)24(32)14-15-29(18,27)34)35-26(33)28(22)16-23(20-11-9-19(17-30)10-12-20)31(36-28)21-6-4-3-5-7-21/h3-7,9-12,14-15,18,22-23,25,34H,8,13,16H2,1-2H3/t18-,22+,23+,25+,27-,28?,29+/m0/s1. The van der Waals surface area contributed by atoms with Crippen LogP contribution in [0.1, 0.15) is 50.3 Å². The zero-order valence-corrected chi connectivity index (χ0v) is 20.3. The zero-order chi connectivity index (χ0) is 25.3. The summed E-state index contributed by atoms with van der Waals surface area (Å²) < 4.78 is 6.03. The van der Waals surface area contributed by atoms with Crippen molar-refractivity contribution in [1.82, 2.24) is 0 Å². The number of rotatable bonds is 2. The highest BCUT2D eigenvalue weighted by molar-refractivity contribution is 6.00. The second kappa shape index (κ2) is 7.76. The molecule has 2 aromatic rings. The minimum atomic E-state index is -1.39. The first-order valence-corrected chi connectivity index (χ1v) is 12.5. The number of esters is 1. The molecule has 36 heavy (non-hydrogen) atoms. The molecular weight excluding hydrogens is 456 g/mol. The van der Waals surface area contributed by atoms with Gasteiger partial charge >= 0.3 is 5.97 Å². The number of ketones is 1. The summed E-state index contributed by atoms with van der Waals surface area (Å²) >= 11 is 0. The van der Waals surface area contributed by atoms with Gasteiger partial charge in [-0.05, 0) is 67.7 Å². The fraction of sp³-hybridized carbons (Fsp3) is 0.414. The average Bonchev–Trinajstić information content (AvgIpc) is 3.49. The molecule has 6 rings (SSSR count). The number of hydrogen-bond donors (Lipinski definition) is 1. The fourth-order valence-corrected chi connectivity index (χ4v) is 6.86. The lowest BCUT2D eigenvalue weighted by molar-refractivity contribution is -0.169. The lowest BCUT2D eigenvalue weighted by Gasteiger charge is -2.43. The number of hydroxylamine groups is 1. The molecule has 2 aliphatic carbocycles. The number of allylic oxidation sites excluding steroid dienone is 1. The Morgan fingerprint density at radius 1 is 1.08 bits per heavy atom. The monoisotopic (exact) mass is 484 g/mol. The molecule has 0 amide bonds. The van der Waals surface area contributed by atoms with Crippen molar-refractivity contribution in [2.45, 2.75) is 56.5 Å². The molecule has 4 aliphatic rings. The summed E-state index contributed by atoms with van der Waals surface area (Å²) in [5.74, 6) is -1.31. The van der Waals surface area contributed by atoms with Gasteiger partial charge in [0.25, 0.3) is 0 Å². The maximum atomic E-state index is 13.7. The van der Waals surface area contributed by atoms with Crippen LogP contribution in [0.25, 0.3) is 0 Å². The van der Waals surface area contributed by atoms with Gasteiger partial charge in [0.05, 0.1) is 28.8 Å². The van der Waals surface area contributed by atoms with Gasteiger partial charge in [-0.25, -0.2) is 9.86 Å². The first-order chi connectivity index (χ1) is 17.2. The molecule has 2 aromatic carbocycles. The van der Waals surface area contributed by atoms with Crippen molar-refractivity contribution in [3.63, 3.8) is 0 Å². The number of aliphatic hydroxyl groups is 1. The van der Waals surface area contributed by atoms with E-state index in [4.69, 9.17) is 9.57 Å². The van der Waals surface area contributed by atoms with Crippen molar-refractivity contribution in [2.24, 2.45) is 17.3 Å². The molecule has 7 heteroatoms. The highest BCUT2D eigenvalue weighted by Gasteiger charge is 2.74. The Morgan fingerprint density at radius 2 is 1.81 bits per heavy atom.